The third kappa shape index (κ3) is 3.95. The topological polar surface area (TPSA) is 64.3 Å². The molecule has 0 aliphatic carbocycles. The van der Waals surface area contributed by atoms with Crippen LogP contribution in [0.1, 0.15) is 27.2 Å². The van der Waals surface area contributed by atoms with E-state index < -0.39 is 6.10 Å². The van der Waals surface area contributed by atoms with Crippen LogP contribution in [0.4, 0.5) is 0 Å². The van der Waals surface area contributed by atoms with Gasteiger partial charge in [-0.3, -0.25) is 10.2 Å². The first-order valence-corrected chi connectivity index (χ1v) is 3.77. The highest BCUT2D eigenvalue weighted by atomic mass is 16.5. The lowest BCUT2D eigenvalue weighted by atomic mass is 10.2. The maximum Gasteiger partial charge on any atom is 0.262 e. The molecular weight excluding hydrogens is 144 g/mol. The molecule has 0 rings (SSSR count). The van der Waals surface area contributed by atoms with Gasteiger partial charge in [0.25, 0.3) is 5.91 Å². The van der Waals surface area contributed by atoms with Crippen molar-refractivity contribution in [1.29, 1.82) is 0 Å². The molecule has 0 heterocycles. The monoisotopic (exact) mass is 160 g/mol. The first-order valence-electron chi connectivity index (χ1n) is 3.77. The van der Waals surface area contributed by atoms with Gasteiger partial charge in [-0.05, 0) is 20.3 Å². The maximum atomic E-state index is 10.9. The average Bonchev–Trinajstić information content (AvgIpc) is 1.98. The lowest BCUT2D eigenvalue weighted by molar-refractivity contribution is -0.135. The summed E-state index contributed by atoms with van der Waals surface area (Å²) >= 11 is 0. The molecule has 11 heavy (non-hydrogen) atoms. The molecule has 4 nitrogen and oxygen atoms in total. The van der Waals surface area contributed by atoms with Crippen molar-refractivity contribution < 1.29 is 9.53 Å². The second-order valence-corrected chi connectivity index (χ2v) is 2.59. The molecule has 0 fully saturated rings. The summed E-state index contributed by atoms with van der Waals surface area (Å²) in [6.45, 7) is 5.64. The van der Waals surface area contributed by atoms with E-state index in [0.717, 1.165) is 0 Å². The largest absolute Gasteiger partial charge is 0.366 e. The van der Waals surface area contributed by atoms with Gasteiger partial charge in [-0.1, -0.05) is 6.92 Å². The van der Waals surface area contributed by atoms with E-state index in [1.54, 1.807) is 0 Å². The molecule has 0 aromatic carbocycles. The molecule has 1 atom stereocenters. The molecule has 66 valence electrons. The van der Waals surface area contributed by atoms with Crippen molar-refractivity contribution in [3.05, 3.63) is 0 Å². The van der Waals surface area contributed by atoms with Gasteiger partial charge in [0.2, 0.25) is 0 Å². The first kappa shape index (κ1) is 10.4. The Bertz CT molecular complexity index is 126. The van der Waals surface area contributed by atoms with Crippen molar-refractivity contribution >= 4 is 5.91 Å². The number of hydrazine groups is 1. The maximum absolute atomic E-state index is 10.9. The minimum atomic E-state index is -0.417. The molecule has 0 aromatic heterocycles. The number of nitrogens with two attached hydrogens (primary N) is 1. The van der Waals surface area contributed by atoms with Crippen molar-refractivity contribution in [2.75, 3.05) is 0 Å². The fourth-order valence-electron chi connectivity index (χ4n) is 0.765. The van der Waals surface area contributed by atoms with Crippen molar-refractivity contribution in [2.45, 2.75) is 39.4 Å². The Labute approximate surface area is 67.1 Å². The van der Waals surface area contributed by atoms with Crippen LogP contribution in [0, 0.1) is 0 Å². The molecule has 0 bridgehead atoms. The standard InChI is InChI=1S/C7H16N2O2/c1-4-6(7(10)9-8)11-5(2)3/h5-6H,4,8H2,1-3H3,(H,9,10). The van der Waals surface area contributed by atoms with Gasteiger partial charge in [0.1, 0.15) is 6.10 Å². The first-order chi connectivity index (χ1) is 5.11. The van der Waals surface area contributed by atoms with Gasteiger partial charge in [0.15, 0.2) is 0 Å². The van der Waals surface area contributed by atoms with Crippen molar-refractivity contribution in [3.63, 3.8) is 0 Å². The molecule has 0 saturated heterocycles. The van der Waals surface area contributed by atoms with Crippen LogP contribution >= 0.6 is 0 Å². The number of amides is 1. The minimum absolute atomic E-state index is 0.0530. The zero-order chi connectivity index (χ0) is 8.85. The highest BCUT2D eigenvalue weighted by Gasteiger charge is 2.16. The van der Waals surface area contributed by atoms with Gasteiger partial charge in [0, 0.05) is 0 Å². The predicted octanol–water partition coefficient (Wildman–Crippen LogP) is 0.180. The number of carbonyl (C=O) groups is 1. The van der Waals surface area contributed by atoms with E-state index in [4.69, 9.17) is 10.6 Å². The molecular formula is C7H16N2O2. The van der Waals surface area contributed by atoms with Crippen LogP contribution in [0.15, 0.2) is 0 Å². The van der Waals surface area contributed by atoms with Gasteiger partial charge in [-0.2, -0.15) is 0 Å². The molecule has 1 unspecified atom stereocenters. The van der Waals surface area contributed by atoms with Crippen molar-refractivity contribution in [3.8, 4) is 0 Å². The second kappa shape index (κ2) is 5.09. The summed E-state index contributed by atoms with van der Waals surface area (Å²) < 4.78 is 5.26. The molecule has 4 heteroatoms. The molecule has 0 aliphatic heterocycles. The molecule has 0 aliphatic rings. The Kier molecular flexibility index (Phi) is 4.81. The van der Waals surface area contributed by atoms with Crippen molar-refractivity contribution in [1.82, 2.24) is 5.43 Å². The average molecular weight is 160 g/mol. The number of ether oxygens (including phenoxy) is 1. The Morgan fingerprint density at radius 3 is 2.45 bits per heavy atom. The number of hydrogen-bond donors (Lipinski definition) is 2. The summed E-state index contributed by atoms with van der Waals surface area (Å²) in [5.74, 6) is 4.68. The summed E-state index contributed by atoms with van der Waals surface area (Å²) in [7, 11) is 0. The SMILES string of the molecule is CCC(OC(C)C)C(=O)NN. The van der Waals surface area contributed by atoms with E-state index in [1.165, 1.54) is 0 Å². The highest BCUT2D eigenvalue weighted by molar-refractivity contribution is 5.80. The lowest BCUT2D eigenvalue weighted by Gasteiger charge is -2.16. The molecule has 3 N–H and O–H groups in total. The molecule has 0 radical (unpaired) electrons. The minimum Gasteiger partial charge on any atom is -0.366 e. The Morgan fingerprint density at radius 1 is 1.64 bits per heavy atom. The van der Waals surface area contributed by atoms with Crippen LogP contribution < -0.4 is 11.3 Å². The van der Waals surface area contributed by atoms with E-state index in [1.807, 2.05) is 20.8 Å². The number of hydrogen-bond acceptors (Lipinski definition) is 3. The highest BCUT2D eigenvalue weighted by Crippen LogP contribution is 2.01. The second-order valence-electron chi connectivity index (χ2n) is 2.59. The van der Waals surface area contributed by atoms with Gasteiger partial charge < -0.3 is 4.74 Å². The van der Waals surface area contributed by atoms with Gasteiger partial charge in [-0.15, -0.1) is 0 Å². The smallest absolute Gasteiger partial charge is 0.262 e. The number of nitrogens with one attached hydrogen (secondary N) is 1. The number of rotatable bonds is 4. The van der Waals surface area contributed by atoms with E-state index in [2.05, 4.69) is 5.43 Å². The summed E-state index contributed by atoms with van der Waals surface area (Å²) in [5.41, 5.74) is 2.06. The van der Waals surface area contributed by atoms with Gasteiger partial charge >= 0.3 is 0 Å². The Hall–Kier alpha value is -0.610. The predicted molar refractivity (Wildman–Crippen MR) is 42.6 cm³/mol. The van der Waals surface area contributed by atoms with Crippen LogP contribution in [-0.2, 0) is 9.53 Å². The van der Waals surface area contributed by atoms with Crippen LogP contribution in [0.3, 0.4) is 0 Å². The summed E-state index contributed by atoms with van der Waals surface area (Å²) in [6, 6.07) is 0. The van der Waals surface area contributed by atoms with E-state index >= 15 is 0 Å². The molecule has 0 spiro atoms. The van der Waals surface area contributed by atoms with E-state index in [9.17, 15) is 4.79 Å². The normalized spacial score (nSPS) is 13.2. The Morgan fingerprint density at radius 2 is 2.18 bits per heavy atom. The fourth-order valence-corrected chi connectivity index (χ4v) is 0.765. The van der Waals surface area contributed by atoms with Crippen LogP contribution in [0.25, 0.3) is 0 Å². The van der Waals surface area contributed by atoms with Gasteiger partial charge in [0.05, 0.1) is 6.10 Å². The third-order valence-electron chi connectivity index (χ3n) is 1.24. The van der Waals surface area contributed by atoms with E-state index in [0.29, 0.717) is 6.42 Å². The quantitative estimate of drug-likeness (QED) is 0.350. The Balaban J connectivity index is 3.84. The van der Waals surface area contributed by atoms with Crippen molar-refractivity contribution in [2.24, 2.45) is 5.84 Å². The molecule has 0 saturated carbocycles. The lowest BCUT2D eigenvalue weighted by Crippen LogP contribution is -2.41. The zero-order valence-electron chi connectivity index (χ0n) is 7.26. The number of carbonyl (C=O) groups excluding carboxylic acids is 1. The van der Waals surface area contributed by atoms with Crippen LogP contribution in [0.5, 0.6) is 0 Å². The molecule has 0 aromatic rings. The summed E-state index contributed by atoms with van der Waals surface area (Å²) in [6.07, 6.45) is 0.276. The van der Waals surface area contributed by atoms with Crippen LogP contribution in [0.2, 0.25) is 0 Å². The zero-order valence-corrected chi connectivity index (χ0v) is 7.26. The summed E-state index contributed by atoms with van der Waals surface area (Å²) in [4.78, 5) is 10.9. The fraction of sp³-hybridized carbons (Fsp3) is 0.857. The molecule has 1 amide bonds. The summed E-state index contributed by atoms with van der Waals surface area (Å²) in [5, 5.41) is 0. The van der Waals surface area contributed by atoms with Gasteiger partial charge in [-0.25, -0.2) is 5.84 Å². The van der Waals surface area contributed by atoms with E-state index in [-0.39, 0.29) is 12.0 Å². The van der Waals surface area contributed by atoms with Crippen LogP contribution in [-0.4, -0.2) is 18.1 Å². The third-order valence-corrected chi connectivity index (χ3v) is 1.24.